The van der Waals surface area contributed by atoms with Crippen LogP contribution in [0.15, 0.2) is 15.9 Å². The summed E-state index contributed by atoms with van der Waals surface area (Å²) >= 11 is 5.07. The summed E-state index contributed by atoms with van der Waals surface area (Å²) in [6.07, 6.45) is 0. The second kappa shape index (κ2) is 4.73. The molecular weight excluding hydrogens is 290 g/mol. The standard InChI is InChI=1S/C10H14BrN3OS/c1-6(3-12)14-4-8(13-10(14)15)9-2-7(11)5-16-9/h2,5-6,8H,3-4,12H2,1H3,(H,13,15). The van der Waals surface area contributed by atoms with Crippen molar-refractivity contribution in [3.8, 4) is 0 Å². The van der Waals surface area contributed by atoms with Gasteiger partial charge in [-0.1, -0.05) is 0 Å². The predicted octanol–water partition coefficient (Wildman–Crippen LogP) is 1.92. The lowest BCUT2D eigenvalue weighted by Gasteiger charge is -2.21. The summed E-state index contributed by atoms with van der Waals surface area (Å²) in [4.78, 5) is 14.7. The summed E-state index contributed by atoms with van der Waals surface area (Å²) in [7, 11) is 0. The molecule has 2 unspecified atom stereocenters. The second-order valence-electron chi connectivity index (χ2n) is 3.91. The predicted molar refractivity (Wildman–Crippen MR) is 68.5 cm³/mol. The Morgan fingerprint density at radius 1 is 1.81 bits per heavy atom. The smallest absolute Gasteiger partial charge is 0.318 e. The van der Waals surface area contributed by atoms with Crippen LogP contribution in [0.2, 0.25) is 0 Å². The Kier molecular flexibility index (Phi) is 3.51. The van der Waals surface area contributed by atoms with E-state index in [4.69, 9.17) is 5.73 Å². The first-order chi connectivity index (χ1) is 7.61. The highest BCUT2D eigenvalue weighted by molar-refractivity contribution is 9.10. The van der Waals surface area contributed by atoms with Crippen LogP contribution in [0.4, 0.5) is 4.79 Å². The number of amides is 2. The van der Waals surface area contributed by atoms with Crippen molar-refractivity contribution >= 4 is 33.3 Å². The highest BCUT2D eigenvalue weighted by Gasteiger charge is 2.32. The SMILES string of the molecule is CC(CN)N1CC(c2cc(Br)cs2)NC1=O. The maximum atomic E-state index is 11.7. The maximum absolute atomic E-state index is 11.7. The zero-order valence-electron chi connectivity index (χ0n) is 8.94. The molecule has 0 saturated carbocycles. The van der Waals surface area contributed by atoms with E-state index in [1.807, 2.05) is 18.4 Å². The van der Waals surface area contributed by atoms with Crippen LogP contribution in [-0.4, -0.2) is 30.1 Å². The molecule has 88 valence electrons. The summed E-state index contributed by atoms with van der Waals surface area (Å²) in [5.74, 6) is 0. The van der Waals surface area contributed by atoms with Crippen LogP contribution in [0, 0.1) is 0 Å². The van der Waals surface area contributed by atoms with Crippen LogP contribution in [0.25, 0.3) is 0 Å². The van der Waals surface area contributed by atoms with Crippen LogP contribution in [-0.2, 0) is 0 Å². The van der Waals surface area contributed by atoms with Crippen molar-refractivity contribution in [1.29, 1.82) is 0 Å². The van der Waals surface area contributed by atoms with Gasteiger partial charge in [-0.25, -0.2) is 4.79 Å². The zero-order chi connectivity index (χ0) is 11.7. The summed E-state index contributed by atoms with van der Waals surface area (Å²) in [6, 6.07) is 2.21. The Labute approximate surface area is 107 Å². The molecule has 2 atom stereocenters. The lowest BCUT2D eigenvalue weighted by Crippen LogP contribution is -2.40. The van der Waals surface area contributed by atoms with Crippen molar-refractivity contribution in [1.82, 2.24) is 10.2 Å². The Balaban J connectivity index is 2.09. The van der Waals surface area contributed by atoms with Crippen molar-refractivity contribution in [3.63, 3.8) is 0 Å². The van der Waals surface area contributed by atoms with Gasteiger partial charge in [0, 0.05) is 33.9 Å². The molecule has 2 heterocycles. The fourth-order valence-electron chi connectivity index (χ4n) is 1.74. The highest BCUT2D eigenvalue weighted by Crippen LogP contribution is 2.29. The van der Waals surface area contributed by atoms with Gasteiger partial charge in [0.15, 0.2) is 0 Å². The largest absolute Gasteiger partial charge is 0.329 e. The summed E-state index contributed by atoms with van der Waals surface area (Å²) in [5.41, 5.74) is 5.58. The first-order valence-corrected chi connectivity index (χ1v) is 6.80. The molecule has 1 aromatic heterocycles. The van der Waals surface area contributed by atoms with Gasteiger partial charge >= 0.3 is 6.03 Å². The van der Waals surface area contributed by atoms with E-state index in [1.165, 1.54) is 4.88 Å². The van der Waals surface area contributed by atoms with Gasteiger partial charge in [-0.2, -0.15) is 0 Å². The van der Waals surface area contributed by atoms with Crippen molar-refractivity contribution in [2.24, 2.45) is 5.73 Å². The number of carbonyl (C=O) groups excluding carboxylic acids is 1. The molecule has 16 heavy (non-hydrogen) atoms. The number of rotatable bonds is 3. The summed E-state index contributed by atoms with van der Waals surface area (Å²) < 4.78 is 1.06. The second-order valence-corrected chi connectivity index (χ2v) is 5.76. The molecule has 1 saturated heterocycles. The maximum Gasteiger partial charge on any atom is 0.318 e. The zero-order valence-corrected chi connectivity index (χ0v) is 11.3. The number of thiophene rings is 1. The third kappa shape index (κ3) is 2.23. The molecule has 1 aromatic rings. The van der Waals surface area contributed by atoms with Gasteiger partial charge in [0.2, 0.25) is 0 Å². The van der Waals surface area contributed by atoms with Crippen molar-refractivity contribution in [3.05, 3.63) is 20.8 Å². The van der Waals surface area contributed by atoms with E-state index in [9.17, 15) is 4.79 Å². The minimum atomic E-state index is -0.0209. The van der Waals surface area contributed by atoms with Gasteiger partial charge in [-0.15, -0.1) is 11.3 Å². The van der Waals surface area contributed by atoms with Gasteiger partial charge in [-0.05, 0) is 28.9 Å². The van der Waals surface area contributed by atoms with E-state index >= 15 is 0 Å². The molecule has 3 N–H and O–H groups in total. The Hall–Kier alpha value is -0.590. The first-order valence-electron chi connectivity index (χ1n) is 5.13. The number of nitrogens with one attached hydrogen (secondary N) is 1. The van der Waals surface area contributed by atoms with E-state index in [-0.39, 0.29) is 18.1 Å². The molecule has 1 aliphatic heterocycles. The van der Waals surface area contributed by atoms with E-state index in [1.54, 1.807) is 16.2 Å². The number of nitrogens with two attached hydrogens (primary N) is 1. The monoisotopic (exact) mass is 303 g/mol. The Bertz CT molecular complexity index is 395. The minimum absolute atomic E-state index is 0.0209. The van der Waals surface area contributed by atoms with Gasteiger partial charge in [0.25, 0.3) is 0 Å². The molecule has 0 spiro atoms. The van der Waals surface area contributed by atoms with Crippen molar-refractivity contribution in [2.45, 2.75) is 19.0 Å². The molecule has 0 bridgehead atoms. The number of urea groups is 1. The van der Waals surface area contributed by atoms with Gasteiger partial charge in [-0.3, -0.25) is 0 Å². The van der Waals surface area contributed by atoms with Gasteiger partial charge < -0.3 is 16.0 Å². The van der Waals surface area contributed by atoms with Crippen LogP contribution >= 0.6 is 27.3 Å². The first kappa shape index (κ1) is 11.9. The third-order valence-electron chi connectivity index (χ3n) is 2.74. The van der Waals surface area contributed by atoms with Crippen molar-refractivity contribution in [2.75, 3.05) is 13.1 Å². The molecule has 2 rings (SSSR count). The van der Waals surface area contributed by atoms with Crippen LogP contribution in [0.5, 0.6) is 0 Å². The average Bonchev–Trinajstić information content (AvgIpc) is 2.83. The molecule has 6 heteroatoms. The molecule has 0 radical (unpaired) electrons. The van der Waals surface area contributed by atoms with Crippen LogP contribution in [0.1, 0.15) is 17.8 Å². The number of carbonyl (C=O) groups is 1. The summed E-state index contributed by atoms with van der Waals surface area (Å²) in [6.45, 7) is 3.16. The fraction of sp³-hybridized carbons (Fsp3) is 0.500. The number of nitrogens with zero attached hydrogens (tertiary/aromatic N) is 1. The number of hydrogen-bond acceptors (Lipinski definition) is 3. The molecule has 1 aliphatic rings. The lowest BCUT2D eigenvalue weighted by molar-refractivity contribution is 0.203. The van der Waals surface area contributed by atoms with Crippen molar-refractivity contribution < 1.29 is 4.79 Å². The minimum Gasteiger partial charge on any atom is -0.329 e. The fourth-order valence-corrected chi connectivity index (χ4v) is 3.22. The van der Waals surface area contributed by atoms with E-state index in [2.05, 4.69) is 21.2 Å². The number of hydrogen-bond donors (Lipinski definition) is 2. The Morgan fingerprint density at radius 3 is 3.12 bits per heavy atom. The lowest BCUT2D eigenvalue weighted by atomic mass is 10.2. The van der Waals surface area contributed by atoms with Crippen LogP contribution < -0.4 is 11.1 Å². The molecular formula is C10H14BrN3OS. The molecule has 1 fully saturated rings. The average molecular weight is 304 g/mol. The Morgan fingerprint density at radius 2 is 2.56 bits per heavy atom. The van der Waals surface area contributed by atoms with Crippen LogP contribution in [0.3, 0.4) is 0 Å². The topological polar surface area (TPSA) is 58.4 Å². The molecule has 4 nitrogen and oxygen atoms in total. The molecule has 0 aromatic carbocycles. The summed E-state index contributed by atoms with van der Waals surface area (Å²) in [5, 5.41) is 4.99. The van der Waals surface area contributed by atoms with Gasteiger partial charge in [0.05, 0.1) is 6.04 Å². The molecule has 0 aliphatic carbocycles. The highest BCUT2D eigenvalue weighted by atomic mass is 79.9. The quantitative estimate of drug-likeness (QED) is 0.896. The van der Waals surface area contributed by atoms with E-state index in [0.29, 0.717) is 13.1 Å². The third-order valence-corrected chi connectivity index (χ3v) is 4.55. The number of halogens is 1. The normalized spacial score (nSPS) is 22.3. The van der Waals surface area contributed by atoms with Gasteiger partial charge in [0.1, 0.15) is 0 Å². The van der Waals surface area contributed by atoms with E-state index in [0.717, 1.165) is 4.47 Å². The van der Waals surface area contributed by atoms with E-state index < -0.39 is 0 Å². The molecule has 2 amide bonds.